The molecule has 0 fully saturated rings. The van der Waals surface area contributed by atoms with Crippen molar-refractivity contribution in [2.75, 3.05) is 36.5 Å². The molecule has 0 bridgehead atoms. The van der Waals surface area contributed by atoms with Crippen molar-refractivity contribution in [1.82, 2.24) is 14.5 Å². The first-order chi connectivity index (χ1) is 20.6. The van der Waals surface area contributed by atoms with Crippen LogP contribution >= 0.6 is 0 Å². The minimum Gasteiger partial charge on any atom is -0.461 e. The number of benzene rings is 1. The van der Waals surface area contributed by atoms with Crippen LogP contribution < -0.4 is 15.4 Å². The highest BCUT2D eigenvalue weighted by molar-refractivity contribution is 6.19. The summed E-state index contributed by atoms with van der Waals surface area (Å²) in [6.45, 7) is 10.7. The van der Waals surface area contributed by atoms with Gasteiger partial charge < -0.3 is 18.8 Å². The normalized spacial score (nSPS) is 14.9. The number of hydrogen-bond acceptors (Lipinski definition) is 6. The Bertz CT molecular complexity index is 1670. The Balaban J connectivity index is 1.25. The molecule has 0 saturated heterocycles. The number of unbranched alkanes of at least 4 members (excludes halogenated alkanes) is 1. The van der Waals surface area contributed by atoms with Crippen molar-refractivity contribution in [2.24, 2.45) is 5.41 Å². The Hall–Kier alpha value is -4.24. The van der Waals surface area contributed by atoms with Crippen LogP contribution in [0.2, 0.25) is 0 Å². The summed E-state index contributed by atoms with van der Waals surface area (Å²) >= 11 is 0. The van der Waals surface area contributed by atoms with Gasteiger partial charge in [-0.3, -0.25) is 24.3 Å². The molecule has 0 saturated carbocycles. The monoisotopic (exact) mass is 583 g/mol. The lowest BCUT2D eigenvalue weighted by Gasteiger charge is -2.27. The van der Waals surface area contributed by atoms with E-state index >= 15 is 0 Å². The van der Waals surface area contributed by atoms with Gasteiger partial charge in [-0.2, -0.15) is 0 Å². The molecule has 9 heteroatoms. The van der Waals surface area contributed by atoms with Gasteiger partial charge in [0.2, 0.25) is 11.8 Å². The van der Waals surface area contributed by atoms with Crippen LogP contribution in [-0.4, -0.2) is 52.9 Å². The van der Waals surface area contributed by atoms with E-state index in [9.17, 15) is 14.4 Å². The zero-order valence-corrected chi connectivity index (χ0v) is 25.8. The molecule has 4 aromatic rings. The van der Waals surface area contributed by atoms with Gasteiger partial charge in [-0.25, -0.2) is 0 Å². The summed E-state index contributed by atoms with van der Waals surface area (Å²) in [5, 5.41) is 0.615. The number of aromatic nitrogens is 2. The number of nitrogens with zero attached hydrogens (tertiary/aromatic N) is 5. The fourth-order valence-electron chi connectivity index (χ4n) is 5.91. The molecule has 4 heterocycles. The van der Waals surface area contributed by atoms with Crippen LogP contribution in [0.1, 0.15) is 50.5 Å². The van der Waals surface area contributed by atoms with E-state index in [-0.39, 0.29) is 17.4 Å². The predicted octanol–water partition coefficient (Wildman–Crippen LogP) is 5.18. The number of furan rings is 1. The molecule has 0 radical (unpaired) electrons. The lowest BCUT2D eigenvalue weighted by Crippen LogP contribution is -2.47. The molecule has 2 amide bonds. The molecule has 1 aromatic carbocycles. The van der Waals surface area contributed by atoms with Crippen LogP contribution in [0.5, 0.6) is 0 Å². The molecule has 5 rings (SSSR count). The van der Waals surface area contributed by atoms with Gasteiger partial charge in [0, 0.05) is 51.8 Å². The number of rotatable bonds is 11. The van der Waals surface area contributed by atoms with Gasteiger partial charge in [-0.05, 0) is 101 Å². The first kappa shape index (κ1) is 30.2. The second-order valence-corrected chi connectivity index (χ2v) is 11.9. The van der Waals surface area contributed by atoms with E-state index in [0.29, 0.717) is 24.1 Å². The maximum absolute atomic E-state index is 13.2. The first-order valence-electron chi connectivity index (χ1n) is 15.0. The van der Waals surface area contributed by atoms with Gasteiger partial charge in [0.15, 0.2) is 0 Å². The van der Waals surface area contributed by atoms with Crippen molar-refractivity contribution >= 4 is 34.2 Å². The molecule has 1 aliphatic heterocycles. The largest absolute Gasteiger partial charge is 0.461 e. The second kappa shape index (κ2) is 12.6. The highest BCUT2D eigenvalue weighted by Crippen LogP contribution is 2.39. The van der Waals surface area contributed by atoms with E-state index in [0.717, 1.165) is 61.6 Å². The Kier molecular flexibility index (Phi) is 8.82. The molecule has 3 aromatic heterocycles. The number of pyridine rings is 2. The zero-order valence-electron chi connectivity index (χ0n) is 25.8. The number of fused-ring (bicyclic) bond motifs is 2. The minimum absolute atomic E-state index is 0.0309. The molecule has 9 nitrogen and oxygen atoms in total. The number of hydrogen-bond donors (Lipinski definition) is 0. The maximum Gasteiger partial charge on any atom is 0.261 e. The number of amides is 2. The van der Waals surface area contributed by atoms with Crippen molar-refractivity contribution in [3.05, 3.63) is 88.3 Å². The summed E-state index contributed by atoms with van der Waals surface area (Å²) in [6, 6.07) is 13.8. The maximum atomic E-state index is 13.2. The quantitative estimate of drug-likeness (QED) is 0.179. The molecular weight excluding hydrogens is 542 g/mol. The molecular formula is C34H41N5O4. The molecule has 1 aliphatic rings. The summed E-state index contributed by atoms with van der Waals surface area (Å²) in [7, 11) is 1.76. The Morgan fingerprint density at radius 2 is 1.67 bits per heavy atom. The fourth-order valence-corrected chi connectivity index (χ4v) is 5.91. The average molecular weight is 584 g/mol. The third kappa shape index (κ3) is 6.27. The van der Waals surface area contributed by atoms with E-state index in [1.54, 1.807) is 41.3 Å². The molecule has 43 heavy (non-hydrogen) atoms. The van der Waals surface area contributed by atoms with Gasteiger partial charge >= 0.3 is 0 Å². The average Bonchev–Trinajstić information content (AvgIpc) is 3.38. The Morgan fingerprint density at radius 3 is 2.42 bits per heavy atom. The Labute approximate surface area is 252 Å². The topological polar surface area (TPSA) is 91.9 Å². The zero-order chi connectivity index (χ0) is 30.7. The van der Waals surface area contributed by atoms with Crippen molar-refractivity contribution in [3.63, 3.8) is 0 Å². The van der Waals surface area contributed by atoms with Gasteiger partial charge in [0.25, 0.3) is 5.56 Å². The van der Waals surface area contributed by atoms with Crippen molar-refractivity contribution in [1.29, 1.82) is 0 Å². The highest BCUT2D eigenvalue weighted by atomic mass is 16.3. The van der Waals surface area contributed by atoms with Crippen LogP contribution in [0.4, 0.5) is 11.4 Å². The van der Waals surface area contributed by atoms with Gasteiger partial charge in [0.1, 0.15) is 16.8 Å². The van der Waals surface area contributed by atoms with E-state index in [1.807, 2.05) is 56.7 Å². The lowest BCUT2D eigenvalue weighted by atomic mass is 9.90. The smallest absolute Gasteiger partial charge is 0.261 e. The molecule has 0 unspecified atom stereocenters. The Morgan fingerprint density at radius 1 is 0.907 bits per heavy atom. The fraction of sp³-hybridized carbons (Fsp3) is 0.412. The first-order valence-corrected chi connectivity index (χ1v) is 15.0. The van der Waals surface area contributed by atoms with Crippen molar-refractivity contribution in [3.8, 4) is 0 Å². The van der Waals surface area contributed by atoms with Crippen molar-refractivity contribution in [2.45, 2.75) is 60.0 Å². The van der Waals surface area contributed by atoms with E-state index in [4.69, 9.17) is 4.42 Å². The van der Waals surface area contributed by atoms with Crippen LogP contribution in [-0.2, 0) is 29.1 Å². The van der Waals surface area contributed by atoms with Crippen LogP contribution in [0.3, 0.4) is 0 Å². The van der Waals surface area contributed by atoms with Gasteiger partial charge in [-0.1, -0.05) is 6.07 Å². The number of anilines is 2. The summed E-state index contributed by atoms with van der Waals surface area (Å²) in [4.78, 5) is 49.3. The van der Waals surface area contributed by atoms with E-state index in [1.165, 1.54) is 5.56 Å². The van der Waals surface area contributed by atoms with Crippen LogP contribution in [0.15, 0.2) is 70.3 Å². The molecule has 0 spiro atoms. The molecule has 226 valence electrons. The van der Waals surface area contributed by atoms with Crippen LogP contribution in [0, 0.1) is 12.3 Å². The molecule has 0 atom stereocenters. The standard InChI is InChI=1S/C34H41N5O4/c1-6-39-28-11-10-25(22-29(28)36(5)32(41)34(3,4)33(39)42)9-7-8-17-37(23-26-12-15-35-16-13-26)19-20-38-18-14-30-27(31(38)40)21-24(2)43-30/h10-16,18,21-22H,6-9,17,19-20,23H2,1-5H3. The minimum atomic E-state index is -1.11. The molecule has 0 N–H and O–H groups in total. The van der Waals surface area contributed by atoms with Crippen LogP contribution in [0.25, 0.3) is 11.0 Å². The summed E-state index contributed by atoms with van der Waals surface area (Å²) in [6.07, 6.45) is 8.22. The lowest BCUT2D eigenvalue weighted by molar-refractivity contribution is -0.137. The van der Waals surface area contributed by atoms with E-state index < -0.39 is 5.41 Å². The predicted molar refractivity (Wildman–Crippen MR) is 169 cm³/mol. The summed E-state index contributed by atoms with van der Waals surface area (Å²) in [5.74, 6) is 0.367. The number of aryl methyl sites for hydroxylation is 2. The third-order valence-electron chi connectivity index (χ3n) is 8.41. The molecule has 0 aliphatic carbocycles. The van der Waals surface area contributed by atoms with E-state index in [2.05, 4.69) is 22.0 Å². The summed E-state index contributed by atoms with van der Waals surface area (Å²) < 4.78 is 7.38. The second-order valence-electron chi connectivity index (χ2n) is 11.9. The number of carbonyl (C=O) groups is 2. The van der Waals surface area contributed by atoms with Gasteiger partial charge in [0.05, 0.1) is 16.8 Å². The summed E-state index contributed by atoms with van der Waals surface area (Å²) in [5.41, 5.74) is 3.35. The number of carbonyl (C=O) groups excluding carboxylic acids is 2. The van der Waals surface area contributed by atoms with Gasteiger partial charge in [-0.15, -0.1) is 0 Å². The SMILES string of the molecule is CCN1C(=O)C(C)(C)C(=O)N(C)c2cc(CCCCN(CCn3ccc4oc(C)cc4c3=O)Cc3ccncc3)ccc21. The van der Waals surface area contributed by atoms with Crippen molar-refractivity contribution < 1.29 is 14.0 Å². The third-order valence-corrected chi connectivity index (χ3v) is 8.41. The highest BCUT2D eigenvalue weighted by Gasteiger charge is 2.45.